The minimum absolute atomic E-state index is 0.608. The lowest BCUT2D eigenvalue weighted by atomic mass is 9.86. The van der Waals surface area contributed by atoms with Crippen LogP contribution in [0.3, 0.4) is 0 Å². The summed E-state index contributed by atoms with van der Waals surface area (Å²) < 4.78 is 0. The molecule has 1 saturated heterocycles. The van der Waals surface area contributed by atoms with Gasteiger partial charge in [-0.25, -0.2) is 0 Å². The summed E-state index contributed by atoms with van der Waals surface area (Å²) in [6.07, 6.45) is 7.05. The molecular formula is C16H25N3S. The van der Waals surface area contributed by atoms with Gasteiger partial charge in [0.05, 0.1) is 6.54 Å². The molecule has 1 spiro atoms. The second-order valence-electron chi connectivity index (χ2n) is 6.29. The number of aliphatic imine (C=N–C) groups is 1. The molecule has 0 bridgehead atoms. The number of rotatable bonds is 2. The Morgan fingerprint density at radius 2 is 2.15 bits per heavy atom. The molecule has 0 atom stereocenters. The Morgan fingerprint density at radius 1 is 1.35 bits per heavy atom. The molecule has 1 aliphatic carbocycles. The van der Waals surface area contributed by atoms with E-state index in [2.05, 4.69) is 34.3 Å². The lowest BCUT2D eigenvalue weighted by molar-refractivity contribution is 0.309. The first kappa shape index (κ1) is 13.9. The van der Waals surface area contributed by atoms with Gasteiger partial charge >= 0.3 is 0 Å². The largest absolute Gasteiger partial charge is 0.351 e. The van der Waals surface area contributed by atoms with Gasteiger partial charge in [0.1, 0.15) is 0 Å². The fraction of sp³-hybridized carbons (Fsp3) is 0.688. The third kappa shape index (κ3) is 2.85. The van der Waals surface area contributed by atoms with E-state index < -0.39 is 0 Å². The highest BCUT2D eigenvalue weighted by molar-refractivity contribution is 7.11. The Bertz CT molecular complexity index is 486. The van der Waals surface area contributed by atoms with Gasteiger partial charge in [-0.3, -0.25) is 4.99 Å². The fourth-order valence-corrected chi connectivity index (χ4v) is 4.56. The van der Waals surface area contributed by atoms with Crippen molar-refractivity contribution in [1.29, 1.82) is 0 Å². The second-order valence-corrected chi connectivity index (χ2v) is 7.66. The molecule has 3 rings (SSSR count). The number of nitrogens with zero attached hydrogens (tertiary/aromatic N) is 2. The minimum Gasteiger partial charge on any atom is -0.351 e. The van der Waals surface area contributed by atoms with Gasteiger partial charge < -0.3 is 10.2 Å². The smallest absolute Gasteiger partial charge is 0.193 e. The molecule has 1 N–H and O–H groups in total. The molecule has 1 aliphatic heterocycles. The molecular weight excluding hydrogens is 266 g/mol. The van der Waals surface area contributed by atoms with Crippen LogP contribution in [-0.4, -0.2) is 31.0 Å². The highest BCUT2D eigenvalue weighted by Gasteiger charge is 2.40. The van der Waals surface area contributed by atoms with Crippen molar-refractivity contribution in [1.82, 2.24) is 10.2 Å². The Labute approximate surface area is 126 Å². The van der Waals surface area contributed by atoms with Crippen molar-refractivity contribution in [3.63, 3.8) is 0 Å². The standard InChI is InChI=1S/C16H25N3S/c1-13-5-6-14(20-13)11-18-15(17-2)19-10-9-16(12-19)7-3-4-8-16/h5-6H,3-4,7-12H2,1-2H3,(H,17,18). The third-order valence-corrected chi connectivity index (χ3v) is 5.83. The number of likely N-dealkylation sites (tertiary alicyclic amines) is 1. The predicted octanol–water partition coefficient (Wildman–Crippen LogP) is 3.40. The monoisotopic (exact) mass is 291 g/mol. The molecule has 0 radical (unpaired) electrons. The average molecular weight is 291 g/mol. The zero-order valence-corrected chi connectivity index (χ0v) is 13.4. The van der Waals surface area contributed by atoms with Crippen molar-refractivity contribution in [2.45, 2.75) is 45.6 Å². The van der Waals surface area contributed by atoms with Crippen molar-refractivity contribution in [3.8, 4) is 0 Å². The Kier molecular flexibility index (Phi) is 4.01. The molecule has 3 nitrogen and oxygen atoms in total. The van der Waals surface area contributed by atoms with Crippen molar-refractivity contribution >= 4 is 17.3 Å². The third-order valence-electron chi connectivity index (χ3n) is 4.83. The van der Waals surface area contributed by atoms with E-state index in [4.69, 9.17) is 0 Å². The van der Waals surface area contributed by atoms with E-state index in [9.17, 15) is 0 Å². The van der Waals surface area contributed by atoms with E-state index >= 15 is 0 Å². The van der Waals surface area contributed by atoms with Crippen molar-refractivity contribution < 1.29 is 0 Å². The number of nitrogens with one attached hydrogen (secondary N) is 1. The van der Waals surface area contributed by atoms with Crippen molar-refractivity contribution in [2.75, 3.05) is 20.1 Å². The molecule has 1 aromatic rings. The summed E-state index contributed by atoms with van der Waals surface area (Å²) in [5.74, 6) is 1.08. The highest BCUT2D eigenvalue weighted by atomic mass is 32.1. The van der Waals surface area contributed by atoms with Crippen LogP contribution in [-0.2, 0) is 6.54 Å². The maximum absolute atomic E-state index is 4.48. The van der Waals surface area contributed by atoms with Gasteiger partial charge in [-0.2, -0.15) is 0 Å². The molecule has 0 aromatic carbocycles. The van der Waals surface area contributed by atoms with Crippen molar-refractivity contribution in [3.05, 3.63) is 21.9 Å². The van der Waals surface area contributed by atoms with Gasteiger partial charge in [-0.1, -0.05) is 12.8 Å². The molecule has 1 saturated carbocycles. The molecule has 4 heteroatoms. The lowest BCUT2D eigenvalue weighted by Gasteiger charge is -2.25. The summed E-state index contributed by atoms with van der Waals surface area (Å²) in [4.78, 5) is 9.71. The van der Waals surface area contributed by atoms with E-state index in [-0.39, 0.29) is 0 Å². The van der Waals surface area contributed by atoms with E-state index in [0.29, 0.717) is 5.41 Å². The van der Waals surface area contributed by atoms with Gasteiger partial charge in [-0.05, 0) is 43.7 Å². The Hall–Kier alpha value is -1.03. The predicted molar refractivity (Wildman–Crippen MR) is 86.3 cm³/mol. The van der Waals surface area contributed by atoms with Crippen LogP contribution in [0.15, 0.2) is 17.1 Å². The molecule has 2 heterocycles. The summed E-state index contributed by atoms with van der Waals surface area (Å²) in [5.41, 5.74) is 0.608. The second kappa shape index (κ2) is 5.76. The summed E-state index contributed by atoms with van der Waals surface area (Å²) in [6.45, 7) is 5.43. The van der Waals surface area contributed by atoms with Crippen LogP contribution < -0.4 is 5.32 Å². The van der Waals surface area contributed by atoms with Gasteiger partial charge in [-0.15, -0.1) is 11.3 Å². The number of thiophene rings is 1. The summed E-state index contributed by atoms with van der Waals surface area (Å²) in [5, 5.41) is 3.53. The number of aryl methyl sites for hydroxylation is 1. The number of hydrogen-bond donors (Lipinski definition) is 1. The average Bonchev–Trinajstić information content (AvgIpc) is 3.15. The normalized spacial score (nSPS) is 21.9. The van der Waals surface area contributed by atoms with E-state index in [0.717, 1.165) is 12.5 Å². The summed E-state index contributed by atoms with van der Waals surface area (Å²) in [7, 11) is 1.90. The molecule has 110 valence electrons. The zero-order chi connectivity index (χ0) is 14.0. The van der Waals surface area contributed by atoms with Crippen LogP contribution in [0.4, 0.5) is 0 Å². The molecule has 1 aromatic heterocycles. The van der Waals surface area contributed by atoms with Gasteiger partial charge in [0.15, 0.2) is 5.96 Å². The fourth-order valence-electron chi connectivity index (χ4n) is 3.73. The lowest BCUT2D eigenvalue weighted by Crippen LogP contribution is -2.40. The van der Waals surface area contributed by atoms with Crippen molar-refractivity contribution in [2.24, 2.45) is 10.4 Å². The van der Waals surface area contributed by atoms with Crippen LogP contribution in [0.2, 0.25) is 0 Å². The topological polar surface area (TPSA) is 27.6 Å². The maximum atomic E-state index is 4.48. The van der Waals surface area contributed by atoms with Gasteiger partial charge in [0.2, 0.25) is 0 Å². The van der Waals surface area contributed by atoms with E-state index in [1.165, 1.54) is 54.9 Å². The first-order valence-corrected chi connectivity index (χ1v) is 8.53. The SMILES string of the molecule is CN=C(NCc1ccc(C)s1)N1CCC2(CCCC2)C1. The first-order valence-electron chi connectivity index (χ1n) is 7.72. The van der Waals surface area contributed by atoms with E-state index in [1.807, 2.05) is 18.4 Å². The van der Waals surface area contributed by atoms with Crippen LogP contribution in [0, 0.1) is 12.3 Å². The first-order chi connectivity index (χ1) is 9.71. The number of hydrogen-bond acceptors (Lipinski definition) is 2. The van der Waals surface area contributed by atoms with Gasteiger partial charge in [0.25, 0.3) is 0 Å². The Morgan fingerprint density at radius 3 is 2.80 bits per heavy atom. The molecule has 0 unspecified atom stereocenters. The van der Waals surface area contributed by atoms with Crippen LogP contribution >= 0.6 is 11.3 Å². The van der Waals surface area contributed by atoms with Crippen LogP contribution in [0.25, 0.3) is 0 Å². The Balaban J connectivity index is 1.57. The van der Waals surface area contributed by atoms with Crippen LogP contribution in [0.5, 0.6) is 0 Å². The van der Waals surface area contributed by atoms with Crippen LogP contribution in [0.1, 0.15) is 41.9 Å². The quantitative estimate of drug-likeness (QED) is 0.668. The summed E-state index contributed by atoms with van der Waals surface area (Å²) in [6, 6.07) is 4.40. The zero-order valence-electron chi connectivity index (χ0n) is 12.6. The highest BCUT2D eigenvalue weighted by Crippen LogP contribution is 2.45. The number of guanidine groups is 1. The van der Waals surface area contributed by atoms with Gasteiger partial charge in [0, 0.05) is 29.9 Å². The summed E-state index contributed by atoms with van der Waals surface area (Å²) >= 11 is 1.87. The maximum Gasteiger partial charge on any atom is 0.193 e. The molecule has 2 fully saturated rings. The molecule has 20 heavy (non-hydrogen) atoms. The molecule has 2 aliphatic rings. The molecule has 0 amide bonds. The van der Waals surface area contributed by atoms with E-state index in [1.54, 1.807) is 0 Å². The minimum atomic E-state index is 0.608.